The number of halogens is 1. The van der Waals surface area contributed by atoms with Gasteiger partial charge in [-0.25, -0.2) is 4.39 Å². The number of fused-ring (bicyclic) bond motifs is 1. The van der Waals surface area contributed by atoms with Crippen molar-refractivity contribution in [3.63, 3.8) is 0 Å². The quantitative estimate of drug-likeness (QED) is 0.646. The third-order valence-electron chi connectivity index (χ3n) is 4.35. The van der Waals surface area contributed by atoms with E-state index in [1.54, 1.807) is 18.2 Å². The number of rotatable bonds is 8. The Bertz CT molecular complexity index is 908. The molecule has 1 N–H and O–H groups in total. The Morgan fingerprint density at radius 2 is 1.74 bits per heavy atom. The van der Waals surface area contributed by atoms with E-state index in [-0.39, 0.29) is 17.5 Å². The normalized spacial score (nSPS) is 10.9. The van der Waals surface area contributed by atoms with Crippen molar-refractivity contribution < 1.29 is 13.9 Å². The number of carbonyl (C=O) groups is 1. The van der Waals surface area contributed by atoms with Gasteiger partial charge in [0.1, 0.15) is 6.61 Å². The largest absolute Gasteiger partial charge is 0.489 e. The first-order chi connectivity index (χ1) is 13.1. The SMILES string of the molecule is CN(CCOc1ccccc1F)CCC(=O)Nc1cccc2ccccc12. The third-order valence-corrected chi connectivity index (χ3v) is 4.35. The van der Waals surface area contributed by atoms with Gasteiger partial charge in [-0.2, -0.15) is 0 Å². The van der Waals surface area contributed by atoms with Gasteiger partial charge < -0.3 is 15.0 Å². The number of nitrogens with zero attached hydrogens (tertiary/aromatic N) is 1. The molecule has 0 fully saturated rings. The van der Waals surface area contributed by atoms with Gasteiger partial charge in [-0.3, -0.25) is 4.79 Å². The van der Waals surface area contributed by atoms with Gasteiger partial charge in [-0.05, 0) is 30.6 Å². The molecule has 140 valence electrons. The number of hydrogen-bond acceptors (Lipinski definition) is 3. The fourth-order valence-electron chi connectivity index (χ4n) is 2.82. The van der Waals surface area contributed by atoms with Gasteiger partial charge in [0.05, 0.1) is 0 Å². The van der Waals surface area contributed by atoms with E-state index in [9.17, 15) is 9.18 Å². The van der Waals surface area contributed by atoms with Crippen molar-refractivity contribution in [2.24, 2.45) is 0 Å². The summed E-state index contributed by atoms with van der Waals surface area (Å²) in [5.74, 6) is -0.151. The lowest BCUT2D eigenvalue weighted by Gasteiger charge is -2.17. The van der Waals surface area contributed by atoms with E-state index in [1.807, 2.05) is 54.4 Å². The number of amides is 1. The molecule has 0 aliphatic heterocycles. The van der Waals surface area contributed by atoms with Crippen LogP contribution in [-0.2, 0) is 4.79 Å². The minimum atomic E-state index is -0.366. The topological polar surface area (TPSA) is 41.6 Å². The Balaban J connectivity index is 1.44. The number of likely N-dealkylation sites (N-methyl/N-ethyl adjacent to an activating group) is 1. The van der Waals surface area contributed by atoms with Crippen molar-refractivity contribution in [2.45, 2.75) is 6.42 Å². The summed E-state index contributed by atoms with van der Waals surface area (Å²) in [5, 5.41) is 5.11. The molecule has 3 rings (SSSR count). The third kappa shape index (κ3) is 5.28. The van der Waals surface area contributed by atoms with Crippen LogP contribution >= 0.6 is 0 Å². The summed E-state index contributed by atoms with van der Waals surface area (Å²) in [7, 11) is 1.91. The second kappa shape index (κ2) is 9.14. The van der Waals surface area contributed by atoms with Crippen molar-refractivity contribution in [1.82, 2.24) is 4.90 Å². The highest BCUT2D eigenvalue weighted by Gasteiger charge is 2.08. The van der Waals surface area contributed by atoms with Crippen LogP contribution in [0.1, 0.15) is 6.42 Å². The molecule has 0 bridgehead atoms. The summed E-state index contributed by atoms with van der Waals surface area (Å²) in [6.07, 6.45) is 0.374. The van der Waals surface area contributed by atoms with Crippen LogP contribution in [0.5, 0.6) is 5.75 Å². The van der Waals surface area contributed by atoms with Gasteiger partial charge in [0.15, 0.2) is 11.6 Å². The summed E-state index contributed by atoms with van der Waals surface area (Å²) in [4.78, 5) is 14.3. The Hall–Kier alpha value is -2.92. The number of benzene rings is 3. The van der Waals surface area contributed by atoms with Gasteiger partial charge in [-0.1, -0.05) is 48.5 Å². The van der Waals surface area contributed by atoms with Gasteiger partial charge in [0.25, 0.3) is 0 Å². The summed E-state index contributed by atoms with van der Waals surface area (Å²) >= 11 is 0. The molecule has 0 spiro atoms. The molecule has 1 amide bonds. The Morgan fingerprint density at radius 3 is 2.59 bits per heavy atom. The molecule has 0 heterocycles. The van der Waals surface area contributed by atoms with Crippen molar-refractivity contribution in [2.75, 3.05) is 32.1 Å². The number of anilines is 1. The molecule has 0 radical (unpaired) electrons. The second-order valence-electron chi connectivity index (χ2n) is 6.41. The molecular formula is C22H23FN2O2. The molecule has 0 unspecified atom stereocenters. The molecule has 0 aliphatic rings. The molecule has 0 saturated carbocycles. The minimum Gasteiger partial charge on any atom is -0.489 e. The van der Waals surface area contributed by atoms with E-state index in [4.69, 9.17) is 4.74 Å². The van der Waals surface area contributed by atoms with Crippen LogP contribution in [0.2, 0.25) is 0 Å². The standard InChI is InChI=1S/C22H23FN2O2/c1-25(15-16-27-21-12-5-4-10-19(21)23)14-13-22(26)24-20-11-6-8-17-7-2-3-9-18(17)20/h2-12H,13-16H2,1H3,(H,24,26). The maximum absolute atomic E-state index is 13.5. The summed E-state index contributed by atoms with van der Waals surface area (Å²) in [5.41, 5.74) is 0.823. The predicted octanol–water partition coefficient (Wildman–Crippen LogP) is 4.32. The fraction of sp³-hybridized carbons (Fsp3) is 0.227. The highest BCUT2D eigenvalue weighted by atomic mass is 19.1. The molecule has 3 aromatic rings. The van der Waals surface area contributed by atoms with E-state index in [2.05, 4.69) is 5.32 Å². The van der Waals surface area contributed by atoms with Crippen LogP contribution < -0.4 is 10.1 Å². The van der Waals surface area contributed by atoms with Crippen LogP contribution in [0, 0.1) is 5.82 Å². The molecule has 4 nitrogen and oxygen atoms in total. The summed E-state index contributed by atoms with van der Waals surface area (Å²) in [6.45, 7) is 1.56. The molecule has 0 aromatic heterocycles. The van der Waals surface area contributed by atoms with Crippen molar-refractivity contribution in [3.8, 4) is 5.75 Å². The first-order valence-corrected chi connectivity index (χ1v) is 8.97. The lowest BCUT2D eigenvalue weighted by Crippen LogP contribution is -2.28. The number of para-hydroxylation sites is 1. The number of nitrogens with one attached hydrogen (secondary N) is 1. The van der Waals surface area contributed by atoms with E-state index in [0.717, 1.165) is 16.5 Å². The van der Waals surface area contributed by atoms with Crippen molar-refractivity contribution in [3.05, 3.63) is 72.5 Å². The van der Waals surface area contributed by atoms with Gasteiger partial charge in [0, 0.05) is 30.6 Å². The lowest BCUT2D eigenvalue weighted by atomic mass is 10.1. The van der Waals surface area contributed by atoms with Crippen molar-refractivity contribution in [1.29, 1.82) is 0 Å². The molecule has 0 atom stereocenters. The summed E-state index contributed by atoms with van der Waals surface area (Å²) < 4.78 is 18.9. The first kappa shape index (κ1) is 18.9. The van der Waals surface area contributed by atoms with Crippen LogP contribution in [-0.4, -0.2) is 37.6 Å². The molecule has 27 heavy (non-hydrogen) atoms. The van der Waals surface area contributed by atoms with Gasteiger partial charge >= 0.3 is 0 Å². The predicted molar refractivity (Wildman–Crippen MR) is 107 cm³/mol. The highest BCUT2D eigenvalue weighted by molar-refractivity contribution is 6.02. The maximum Gasteiger partial charge on any atom is 0.225 e. The second-order valence-corrected chi connectivity index (χ2v) is 6.41. The highest BCUT2D eigenvalue weighted by Crippen LogP contribution is 2.23. The zero-order chi connectivity index (χ0) is 19.1. The average molecular weight is 366 g/mol. The molecular weight excluding hydrogens is 343 g/mol. The Morgan fingerprint density at radius 1 is 1.00 bits per heavy atom. The first-order valence-electron chi connectivity index (χ1n) is 8.97. The Labute approximate surface area is 158 Å². The van der Waals surface area contributed by atoms with Gasteiger partial charge in [0.2, 0.25) is 5.91 Å². The number of hydrogen-bond donors (Lipinski definition) is 1. The van der Waals surface area contributed by atoms with Crippen LogP contribution in [0.15, 0.2) is 66.7 Å². The van der Waals surface area contributed by atoms with Gasteiger partial charge in [-0.15, -0.1) is 0 Å². The number of carbonyl (C=O) groups excluding carboxylic acids is 1. The molecule has 3 aromatic carbocycles. The minimum absolute atomic E-state index is 0.0341. The maximum atomic E-state index is 13.5. The van der Waals surface area contributed by atoms with E-state index in [0.29, 0.717) is 26.1 Å². The van der Waals surface area contributed by atoms with E-state index < -0.39 is 0 Å². The Kier molecular flexibility index (Phi) is 6.39. The van der Waals surface area contributed by atoms with Crippen LogP contribution in [0.25, 0.3) is 10.8 Å². The zero-order valence-electron chi connectivity index (χ0n) is 15.3. The van der Waals surface area contributed by atoms with Crippen molar-refractivity contribution >= 4 is 22.4 Å². The van der Waals surface area contributed by atoms with Crippen LogP contribution in [0.4, 0.5) is 10.1 Å². The lowest BCUT2D eigenvalue weighted by molar-refractivity contribution is -0.116. The molecule has 0 saturated heterocycles. The van der Waals surface area contributed by atoms with E-state index >= 15 is 0 Å². The zero-order valence-corrected chi connectivity index (χ0v) is 15.3. The molecule has 5 heteroatoms. The van der Waals surface area contributed by atoms with E-state index in [1.165, 1.54) is 6.07 Å². The number of ether oxygens (including phenoxy) is 1. The summed E-state index contributed by atoms with van der Waals surface area (Å²) in [6, 6.07) is 20.2. The van der Waals surface area contributed by atoms with Crippen LogP contribution in [0.3, 0.4) is 0 Å². The smallest absolute Gasteiger partial charge is 0.225 e. The molecule has 0 aliphatic carbocycles. The monoisotopic (exact) mass is 366 g/mol. The fourth-order valence-corrected chi connectivity index (χ4v) is 2.82. The average Bonchev–Trinajstić information content (AvgIpc) is 2.68.